The van der Waals surface area contributed by atoms with Gasteiger partial charge in [0, 0.05) is 5.92 Å². The van der Waals surface area contributed by atoms with E-state index in [9.17, 15) is 9.59 Å². The first kappa shape index (κ1) is 23.7. The summed E-state index contributed by atoms with van der Waals surface area (Å²) in [4.78, 5) is 26.0. The Morgan fingerprint density at radius 3 is 1.63 bits per heavy atom. The van der Waals surface area contributed by atoms with Crippen molar-refractivity contribution in [1.82, 2.24) is 0 Å². The van der Waals surface area contributed by atoms with E-state index in [1.807, 2.05) is 45.0 Å². The van der Waals surface area contributed by atoms with Gasteiger partial charge in [-0.05, 0) is 50.5 Å². The smallest absolute Gasteiger partial charge is 0.338 e. The normalized spacial score (nSPS) is 14.6. The number of hydrogen-bond acceptors (Lipinski definition) is 4. The molecule has 4 heteroatoms. The molecule has 0 saturated carbocycles. The first-order valence-electron chi connectivity index (χ1n) is 10.7. The van der Waals surface area contributed by atoms with E-state index in [1.54, 1.807) is 36.4 Å². The number of esters is 2. The predicted octanol–water partition coefficient (Wildman–Crippen LogP) is 6.31. The maximum atomic E-state index is 13.1. The fraction of sp³-hybridized carbons (Fsp3) is 0.462. The van der Waals surface area contributed by atoms with E-state index >= 15 is 0 Å². The Kier molecular flexibility index (Phi) is 7.83. The minimum absolute atomic E-state index is 0.0383. The van der Waals surface area contributed by atoms with Gasteiger partial charge in [0.15, 0.2) is 5.60 Å². The zero-order valence-electron chi connectivity index (χ0n) is 19.0. The van der Waals surface area contributed by atoms with Crippen LogP contribution in [0.25, 0.3) is 0 Å². The standard InChI is InChI=1S/C26H34O4/c1-7-18-26(20(4)19(2)3,30-24(28)22-16-12-9-13-17-22)25(5,6)29-23(27)21-14-10-8-11-15-21/h8-17,19-20H,7,18H2,1-6H3. The van der Waals surface area contributed by atoms with Gasteiger partial charge in [0.2, 0.25) is 0 Å². The molecule has 0 bridgehead atoms. The van der Waals surface area contributed by atoms with Crippen LogP contribution in [0.2, 0.25) is 0 Å². The van der Waals surface area contributed by atoms with Crippen molar-refractivity contribution in [3.05, 3.63) is 71.8 Å². The molecule has 0 aromatic heterocycles. The molecule has 0 fully saturated rings. The van der Waals surface area contributed by atoms with Gasteiger partial charge in [-0.2, -0.15) is 0 Å². The molecule has 162 valence electrons. The van der Waals surface area contributed by atoms with E-state index in [1.165, 1.54) is 0 Å². The molecule has 4 nitrogen and oxygen atoms in total. The molecule has 2 rings (SSSR count). The maximum Gasteiger partial charge on any atom is 0.338 e. The predicted molar refractivity (Wildman–Crippen MR) is 119 cm³/mol. The third kappa shape index (κ3) is 5.10. The monoisotopic (exact) mass is 410 g/mol. The van der Waals surface area contributed by atoms with Crippen LogP contribution < -0.4 is 0 Å². The summed E-state index contributed by atoms with van der Waals surface area (Å²) in [5.74, 6) is -0.647. The molecule has 2 aromatic rings. The highest BCUT2D eigenvalue weighted by Gasteiger charge is 2.55. The minimum Gasteiger partial charge on any atom is -0.452 e. The zero-order chi connectivity index (χ0) is 22.4. The molecule has 0 aliphatic rings. The number of carbonyl (C=O) groups is 2. The number of carbonyl (C=O) groups excluding carboxylic acids is 2. The Bertz CT molecular complexity index is 827. The van der Waals surface area contributed by atoms with Crippen LogP contribution in [0.3, 0.4) is 0 Å². The fourth-order valence-corrected chi connectivity index (χ4v) is 4.00. The second kappa shape index (κ2) is 9.92. The van der Waals surface area contributed by atoms with Gasteiger partial charge in [0.25, 0.3) is 0 Å². The van der Waals surface area contributed by atoms with E-state index in [2.05, 4.69) is 20.8 Å². The van der Waals surface area contributed by atoms with Gasteiger partial charge < -0.3 is 9.47 Å². The molecule has 2 aromatic carbocycles. The fourth-order valence-electron chi connectivity index (χ4n) is 4.00. The highest BCUT2D eigenvalue weighted by Crippen LogP contribution is 2.44. The second-order valence-corrected chi connectivity index (χ2v) is 8.69. The third-order valence-electron chi connectivity index (χ3n) is 6.02. The number of ether oxygens (including phenoxy) is 2. The van der Waals surface area contributed by atoms with Crippen molar-refractivity contribution in [3.8, 4) is 0 Å². The van der Waals surface area contributed by atoms with Gasteiger partial charge in [0.05, 0.1) is 11.1 Å². The summed E-state index contributed by atoms with van der Waals surface area (Å²) >= 11 is 0. The molecule has 0 spiro atoms. The Labute approximate surface area is 180 Å². The number of rotatable bonds is 9. The van der Waals surface area contributed by atoms with E-state index in [0.29, 0.717) is 17.5 Å². The number of benzene rings is 2. The van der Waals surface area contributed by atoms with Crippen molar-refractivity contribution in [3.63, 3.8) is 0 Å². The molecule has 0 heterocycles. The topological polar surface area (TPSA) is 52.6 Å². The summed E-state index contributed by atoms with van der Waals surface area (Å²) in [7, 11) is 0. The zero-order valence-corrected chi connectivity index (χ0v) is 19.0. The summed E-state index contributed by atoms with van der Waals surface area (Å²) in [6.45, 7) is 12.0. The Morgan fingerprint density at radius 2 is 1.23 bits per heavy atom. The SMILES string of the molecule is CCCC(OC(=O)c1ccccc1)(C(C)C(C)C)C(C)(C)OC(=O)c1ccccc1. The largest absolute Gasteiger partial charge is 0.452 e. The molecule has 0 saturated heterocycles. The molecule has 0 radical (unpaired) electrons. The lowest BCUT2D eigenvalue weighted by Gasteiger charge is -2.50. The van der Waals surface area contributed by atoms with Crippen molar-refractivity contribution in [2.24, 2.45) is 11.8 Å². The molecule has 0 N–H and O–H groups in total. The van der Waals surface area contributed by atoms with Crippen molar-refractivity contribution in [2.75, 3.05) is 0 Å². The van der Waals surface area contributed by atoms with Crippen LogP contribution in [0.5, 0.6) is 0 Å². The van der Waals surface area contributed by atoms with Gasteiger partial charge >= 0.3 is 11.9 Å². The Morgan fingerprint density at radius 1 is 0.800 bits per heavy atom. The van der Waals surface area contributed by atoms with Gasteiger partial charge in [-0.1, -0.05) is 70.5 Å². The summed E-state index contributed by atoms with van der Waals surface area (Å²) in [6, 6.07) is 17.9. The molecule has 0 aliphatic carbocycles. The Hall–Kier alpha value is -2.62. The van der Waals surface area contributed by atoms with E-state index in [0.717, 1.165) is 6.42 Å². The van der Waals surface area contributed by atoms with Crippen molar-refractivity contribution >= 4 is 11.9 Å². The van der Waals surface area contributed by atoms with Crippen molar-refractivity contribution in [1.29, 1.82) is 0 Å². The maximum absolute atomic E-state index is 13.1. The van der Waals surface area contributed by atoms with Crippen LogP contribution >= 0.6 is 0 Å². The summed E-state index contributed by atoms with van der Waals surface area (Å²) in [6.07, 6.45) is 1.37. The highest BCUT2D eigenvalue weighted by molar-refractivity contribution is 5.90. The summed E-state index contributed by atoms with van der Waals surface area (Å²) in [5, 5.41) is 0. The quantitative estimate of drug-likeness (QED) is 0.455. The van der Waals surface area contributed by atoms with E-state index in [-0.39, 0.29) is 11.8 Å². The molecule has 30 heavy (non-hydrogen) atoms. The van der Waals surface area contributed by atoms with Gasteiger partial charge in [-0.25, -0.2) is 9.59 Å². The first-order chi connectivity index (χ1) is 14.1. The summed E-state index contributed by atoms with van der Waals surface area (Å²) in [5.41, 5.74) is -1.06. The molecule has 0 aliphatic heterocycles. The highest BCUT2D eigenvalue weighted by atomic mass is 16.6. The van der Waals surface area contributed by atoms with Crippen LogP contribution in [0.1, 0.15) is 75.1 Å². The van der Waals surface area contributed by atoms with Crippen LogP contribution in [-0.4, -0.2) is 23.1 Å². The number of hydrogen-bond donors (Lipinski definition) is 0. The molecular weight excluding hydrogens is 376 g/mol. The average Bonchev–Trinajstić information content (AvgIpc) is 2.73. The van der Waals surface area contributed by atoms with Gasteiger partial charge in [-0.15, -0.1) is 0 Å². The van der Waals surface area contributed by atoms with Gasteiger partial charge in [0.1, 0.15) is 5.60 Å². The Balaban J connectivity index is 2.46. The van der Waals surface area contributed by atoms with Gasteiger partial charge in [-0.3, -0.25) is 0 Å². The molecule has 2 unspecified atom stereocenters. The van der Waals surface area contributed by atoms with Crippen LogP contribution in [0.4, 0.5) is 0 Å². The van der Waals surface area contributed by atoms with Crippen LogP contribution in [0.15, 0.2) is 60.7 Å². The second-order valence-electron chi connectivity index (χ2n) is 8.69. The van der Waals surface area contributed by atoms with Crippen molar-refractivity contribution < 1.29 is 19.1 Å². The molecule has 0 amide bonds. The van der Waals surface area contributed by atoms with Crippen molar-refractivity contribution in [2.45, 2.75) is 65.6 Å². The summed E-state index contributed by atoms with van der Waals surface area (Å²) < 4.78 is 12.3. The van der Waals surface area contributed by atoms with Crippen LogP contribution in [0, 0.1) is 11.8 Å². The molecular formula is C26H34O4. The lowest BCUT2D eigenvalue weighted by Crippen LogP contribution is -2.60. The third-order valence-corrected chi connectivity index (χ3v) is 6.02. The van der Waals surface area contributed by atoms with E-state index < -0.39 is 23.1 Å². The minimum atomic E-state index is -1.04. The lowest BCUT2D eigenvalue weighted by molar-refractivity contribution is -0.178. The lowest BCUT2D eigenvalue weighted by atomic mass is 9.69. The van der Waals surface area contributed by atoms with Crippen LogP contribution in [-0.2, 0) is 9.47 Å². The van der Waals surface area contributed by atoms with E-state index in [4.69, 9.17) is 9.47 Å². The first-order valence-corrected chi connectivity index (χ1v) is 10.7. The average molecular weight is 411 g/mol. The molecule has 2 atom stereocenters.